The smallest absolute Gasteiger partial charge is 0.115 e. The minimum Gasteiger partial charge on any atom is -0.335 e. The molecule has 4 rings (SSSR count). The highest BCUT2D eigenvalue weighted by atomic mass is 32.2. The third kappa shape index (κ3) is 2.18. The zero-order chi connectivity index (χ0) is 13.5. The van der Waals surface area contributed by atoms with E-state index in [0.29, 0.717) is 6.04 Å². The van der Waals surface area contributed by atoms with Crippen molar-refractivity contribution < 1.29 is 0 Å². The van der Waals surface area contributed by atoms with Crippen LogP contribution in [0.2, 0.25) is 0 Å². The third-order valence-corrected chi connectivity index (χ3v) is 5.00. The summed E-state index contributed by atoms with van der Waals surface area (Å²) < 4.78 is 0. The van der Waals surface area contributed by atoms with Gasteiger partial charge in [0.25, 0.3) is 0 Å². The van der Waals surface area contributed by atoms with Crippen LogP contribution in [-0.2, 0) is 0 Å². The van der Waals surface area contributed by atoms with E-state index >= 15 is 0 Å². The van der Waals surface area contributed by atoms with E-state index in [-0.39, 0.29) is 11.3 Å². The zero-order valence-corrected chi connectivity index (χ0v) is 12.2. The van der Waals surface area contributed by atoms with Gasteiger partial charge in [-0.25, -0.2) is 0 Å². The van der Waals surface area contributed by atoms with Crippen molar-refractivity contribution >= 4 is 29.5 Å². The first kappa shape index (κ1) is 12.2. The van der Waals surface area contributed by atoms with E-state index < -0.39 is 0 Å². The number of benzene rings is 1. The van der Waals surface area contributed by atoms with Crippen LogP contribution >= 0.6 is 11.8 Å². The lowest BCUT2D eigenvalue weighted by atomic mass is 9.91. The molecule has 0 amide bonds. The fraction of sp³-hybridized carbons (Fsp3) is 0.375. The Balaban J connectivity index is 1.69. The first-order valence-corrected chi connectivity index (χ1v) is 8.04. The van der Waals surface area contributed by atoms with Crippen LogP contribution < -0.4 is 5.32 Å². The van der Waals surface area contributed by atoms with Crippen molar-refractivity contribution in [2.45, 2.75) is 31.2 Å². The van der Waals surface area contributed by atoms with E-state index in [9.17, 15) is 0 Å². The van der Waals surface area contributed by atoms with Gasteiger partial charge in [-0.1, -0.05) is 29.8 Å². The number of thioether (sulfide) groups is 1. The average Bonchev–Trinajstić information content (AvgIpc) is 3.16. The SMILES string of the molecule is Cc1ccc(C2=CS[C@@H]3N=CNC(=NC4CC4)[C@H]23)cc1. The normalized spacial score (nSPS) is 30.1. The van der Waals surface area contributed by atoms with Gasteiger partial charge >= 0.3 is 0 Å². The molecule has 1 fully saturated rings. The van der Waals surface area contributed by atoms with E-state index in [0.717, 1.165) is 5.84 Å². The van der Waals surface area contributed by atoms with Crippen molar-refractivity contribution in [2.24, 2.45) is 15.9 Å². The van der Waals surface area contributed by atoms with Crippen molar-refractivity contribution in [2.75, 3.05) is 0 Å². The van der Waals surface area contributed by atoms with Crippen LogP contribution in [0.4, 0.5) is 0 Å². The second-order valence-electron chi connectivity index (χ2n) is 5.61. The van der Waals surface area contributed by atoms with Gasteiger partial charge in [0.05, 0.1) is 18.3 Å². The number of hydrogen-bond donors (Lipinski definition) is 1. The average molecular weight is 283 g/mol. The predicted molar refractivity (Wildman–Crippen MR) is 86.1 cm³/mol. The molecule has 0 radical (unpaired) electrons. The van der Waals surface area contributed by atoms with Gasteiger partial charge < -0.3 is 5.32 Å². The van der Waals surface area contributed by atoms with Gasteiger partial charge in [0, 0.05) is 0 Å². The fourth-order valence-corrected chi connectivity index (χ4v) is 3.76. The lowest BCUT2D eigenvalue weighted by Crippen LogP contribution is -2.39. The largest absolute Gasteiger partial charge is 0.335 e. The first-order chi connectivity index (χ1) is 9.81. The molecule has 2 aliphatic heterocycles. The number of amidine groups is 1. The maximum absolute atomic E-state index is 4.84. The summed E-state index contributed by atoms with van der Waals surface area (Å²) in [5.74, 6) is 1.39. The van der Waals surface area contributed by atoms with Crippen LogP contribution in [0.1, 0.15) is 24.0 Å². The molecular formula is C16H17N3S. The maximum Gasteiger partial charge on any atom is 0.115 e. The number of rotatable bonds is 2. The minimum atomic E-state index is 0.255. The molecule has 1 aromatic rings. The molecule has 1 saturated carbocycles. The molecule has 2 heterocycles. The predicted octanol–water partition coefficient (Wildman–Crippen LogP) is 3.22. The number of aliphatic imine (C=N–C) groups is 2. The number of fused-ring (bicyclic) bond motifs is 1. The zero-order valence-electron chi connectivity index (χ0n) is 11.4. The molecule has 102 valence electrons. The van der Waals surface area contributed by atoms with Crippen LogP contribution in [0, 0.1) is 12.8 Å². The van der Waals surface area contributed by atoms with Gasteiger partial charge in [0.15, 0.2) is 0 Å². The van der Waals surface area contributed by atoms with Gasteiger partial charge in [-0.2, -0.15) is 0 Å². The standard InChI is InChI=1S/C16H17N3S/c1-10-2-4-11(5-3-10)13-8-20-16-14(13)15(17-9-18-16)19-12-6-7-12/h2-5,8-9,12,14,16H,6-7H2,1H3,(H,17,18,19)/t14-,16-/m0/s1. The summed E-state index contributed by atoms with van der Waals surface area (Å²) in [4.78, 5) is 9.40. The number of nitrogens with zero attached hydrogens (tertiary/aromatic N) is 2. The summed E-state index contributed by atoms with van der Waals surface area (Å²) in [6, 6.07) is 9.29. The Hall–Kier alpha value is -1.55. The third-order valence-electron chi connectivity index (χ3n) is 3.94. The summed E-state index contributed by atoms with van der Waals surface area (Å²) in [5, 5.41) is 5.79. The second-order valence-corrected chi connectivity index (χ2v) is 6.60. The lowest BCUT2D eigenvalue weighted by Gasteiger charge is -2.25. The molecule has 0 saturated heterocycles. The molecule has 20 heavy (non-hydrogen) atoms. The molecule has 4 heteroatoms. The van der Waals surface area contributed by atoms with E-state index in [1.165, 1.54) is 29.5 Å². The molecule has 1 aliphatic carbocycles. The summed E-state index contributed by atoms with van der Waals surface area (Å²) in [6.07, 6.45) is 4.27. The second kappa shape index (κ2) is 4.77. The van der Waals surface area contributed by atoms with Crippen LogP contribution in [-0.4, -0.2) is 23.6 Å². The number of hydrogen-bond acceptors (Lipinski definition) is 3. The topological polar surface area (TPSA) is 36.8 Å². The van der Waals surface area contributed by atoms with Crippen molar-refractivity contribution in [3.63, 3.8) is 0 Å². The minimum absolute atomic E-state index is 0.255. The fourth-order valence-electron chi connectivity index (χ4n) is 2.63. The van der Waals surface area contributed by atoms with Crippen molar-refractivity contribution in [1.82, 2.24) is 5.32 Å². The van der Waals surface area contributed by atoms with Crippen molar-refractivity contribution in [1.29, 1.82) is 0 Å². The van der Waals surface area contributed by atoms with Crippen molar-refractivity contribution in [3.8, 4) is 0 Å². The van der Waals surface area contributed by atoms with E-state index in [1.54, 1.807) is 18.1 Å². The number of nitrogens with one attached hydrogen (secondary N) is 1. The molecule has 0 aromatic heterocycles. The molecule has 1 N–H and O–H groups in total. The molecule has 0 unspecified atom stereocenters. The van der Waals surface area contributed by atoms with Gasteiger partial charge in [-0.3, -0.25) is 9.98 Å². The van der Waals surface area contributed by atoms with E-state index in [1.807, 2.05) is 0 Å². The van der Waals surface area contributed by atoms with E-state index in [2.05, 4.69) is 46.9 Å². The summed E-state index contributed by atoms with van der Waals surface area (Å²) in [7, 11) is 0. The Labute approximate surface area is 123 Å². The van der Waals surface area contributed by atoms with E-state index in [4.69, 9.17) is 4.99 Å². The molecule has 2 atom stereocenters. The maximum atomic E-state index is 4.84. The summed E-state index contributed by atoms with van der Waals surface area (Å²) in [5.41, 5.74) is 3.94. The first-order valence-electron chi connectivity index (χ1n) is 7.10. The molecule has 0 bridgehead atoms. The highest BCUT2D eigenvalue weighted by molar-refractivity contribution is 8.03. The van der Waals surface area contributed by atoms with Crippen LogP contribution in [0.3, 0.4) is 0 Å². The summed E-state index contributed by atoms with van der Waals surface area (Å²) in [6.45, 7) is 2.12. The monoisotopic (exact) mass is 283 g/mol. The molecular weight excluding hydrogens is 266 g/mol. The lowest BCUT2D eigenvalue weighted by molar-refractivity contribution is 0.786. The highest BCUT2D eigenvalue weighted by Gasteiger charge is 2.38. The molecule has 3 aliphatic rings. The molecule has 0 spiro atoms. The van der Waals surface area contributed by atoms with Gasteiger partial charge in [-0.05, 0) is 36.3 Å². The Bertz CT molecular complexity index is 611. The van der Waals surface area contributed by atoms with Gasteiger partial charge in [0.1, 0.15) is 11.2 Å². The Morgan fingerprint density at radius 1 is 1.25 bits per heavy atom. The van der Waals surface area contributed by atoms with Gasteiger partial charge in [0.2, 0.25) is 0 Å². The molecule has 1 aromatic carbocycles. The van der Waals surface area contributed by atoms with Gasteiger partial charge in [-0.15, -0.1) is 11.8 Å². The quantitative estimate of drug-likeness (QED) is 0.905. The summed E-state index contributed by atoms with van der Waals surface area (Å²) >= 11 is 1.80. The number of aryl methyl sites for hydroxylation is 1. The van der Waals surface area contributed by atoms with Crippen LogP contribution in [0.5, 0.6) is 0 Å². The van der Waals surface area contributed by atoms with Crippen molar-refractivity contribution in [3.05, 3.63) is 40.8 Å². The Kier molecular flexibility index (Phi) is 2.91. The Morgan fingerprint density at radius 3 is 2.80 bits per heavy atom. The van der Waals surface area contributed by atoms with Crippen LogP contribution in [0.15, 0.2) is 39.7 Å². The molecule has 3 nitrogen and oxygen atoms in total. The highest BCUT2D eigenvalue weighted by Crippen LogP contribution is 2.43. The van der Waals surface area contributed by atoms with Crippen LogP contribution in [0.25, 0.3) is 5.57 Å². The Morgan fingerprint density at radius 2 is 2.05 bits per heavy atom.